The standard InChI is InChI=1S/C17H17N3O2/c1-22-13-8-6-12(7-9-13)17(21)20-15-5-3-2-4-14(15)16-18-10-11-19-16/h2-9H,10-11H2,1H3,(H,18,19)(H,20,21). The van der Waals surface area contributed by atoms with Gasteiger partial charge in [-0.25, -0.2) is 0 Å². The van der Waals surface area contributed by atoms with Crippen LogP contribution >= 0.6 is 0 Å². The molecule has 5 nitrogen and oxygen atoms in total. The first-order valence-corrected chi connectivity index (χ1v) is 7.11. The molecule has 0 saturated carbocycles. The highest BCUT2D eigenvalue weighted by Gasteiger charge is 2.14. The highest BCUT2D eigenvalue weighted by molar-refractivity contribution is 6.10. The van der Waals surface area contributed by atoms with E-state index in [0.717, 1.165) is 35.9 Å². The van der Waals surface area contributed by atoms with E-state index < -0.39 is 0 Å². The Hall–Kier alpha value is -2.82. The number of aliphatic imine (C=N–C) groups is 1. The lowest BCUT2D eigenvalue weighted by Gasteiger charge is -2.11. The molecular formula is C17H17N3O2. The summed E-state index contributed by atoms with van der Waals surface area (Å²) in [6.45, 7) is 1.59. The molecule has 1 aliphatic rings. The van der Waals surface area contributed by atoms with E-state index in [-0.39, 0.29) is 5.91 Å². The minimum Gasteiger partial charge on any atom is -0.497 e. The zero-order chi connectivity index (χ0) is 15.4. The molecule has 112 valence electrons. The predicted molar refractivity (Wildman–Crippen MR) is 86.8 cm³/mol. The van der Waals surface area contributed by atoms with Crippen LogP contribution in [0.25, 0.3) is 0 Å². The molecule has 0 atom stereocenters. The fraction of sp³-hybridized carbons (Fsp3) is 0.176. The van der Waals surface area contributed by atoms with Crippen LogP contribution in [-0.2, 0) is 0 Å². The highest BCUT2D eigenvalue weighted by atomic mass is 16.5. The molecule has 2 aromatic carbocycles. The van der Waals surface area contributed by atoms with Crippen LogP contribution in [0.15, 0.2) is 53.5 Å². The maximum atomic E-state index is 12.4. The van der Waals surface area contributed by atoms with Crippen molar-refractivity contribution in [2.75, 3.05) is 25.5 Å². The van der Waals surface area contributed by atoms with Crippen LogP contribution in [0.4, 0.5) is 5.69 Å². The minimum absolute atomic E-state index is 0.159. The summed E-state index contributed by atoms with van der Waals surface area (Å²) >= 11 is 0. The van der Waals surface area contributed by atoms with Crippen molar-refractivity contribution in [1.29, 1.82) is 0 Å². The van der Waals surface area contributed by atoms with Crippen molar-refractivity contribution < 1.29 is 9.53 Å². The van der Waals surface area contributed by atoms with Crippen LogP contribution < -0.4 is 15.4 Å². The van der Waals surface area contributed by atoms with Crippen LogP contribution in [-0.4, -0.2) is 31.9 Å². The van der Waals surface area contributed by atoms with Crippen LogP contribution in [0.1, 0.15) is 15.9 Å². The van der Waals surface area contributed by atoms with Gasteiger partial charge in [0.15, 0.2) is 0 Å². The van der Waals surface area contributed by atoms with E-state index in [9.17, 15) is 4.79 Å². The van der Waals surface area contributed by atoms with Crippen LogP contribution in [0.2, 0.25) is 0 Å². The number of amides is 1. The predicted octanol–water partition coefficient (Wildman–Crippen LogP) is 2.30. The Morgan fingerprint density at radius 1 is 1.18 bits per heavy atom. The Labute approximate surface area is 129 Å². The molecule has 0 radical (unpaired) electrons. The summed E-state index contributed by atoms with van der Waals surface area (Å²) in [6.07, 6.45) is 0. The van der Waals surface area contributed by atoms with Gasteiger partial charge in [-0.15, -0.1) is 0 Å². The summed E-state index contributed by atoms with van der Waals surface area (Å²) in [5.74, 6) is 1.39. The Morgan fingerprint density at radius 2 is 1.95 bits per heavy atom. The molecule has 0 fully saturated rings. The van der Waals surface area contributed by atoms with Gasteiger partial charge in [-0.1, -0.05) is 12.1 Å². The Bertz CT molecular complexity index is 708. The third-order valence-electron chi connectivity index (χ3n) is 3.46. The summed E-state index contributed by atoms with van der Waals surface area (Å²) < 4.78 is 5.10. The molecule has 0 saturated heterocycles. The number of hydrogen-bond acceptors (Lipinski definition) is 4. The number of methoxy groups -OCH3 is 1. The van der Waals surface area contributed by atoms with Crippen molar-refractivity contribution in [3.63, 3.8) is 0 Å². The summed E-state index contributed by atoms with van der Waals surface area (Å²) in [5, 5.41) is 6.16. The fourth-order valence-corrected chi connectivity index (χ4v) is 2.31. The smallest absolute Gasteiger partial charge is 0.255 e. The normalized spacial score (nSPS) is 13.2. The van der Waals surface area contributed by atoms with Crippen molar-refractivity contribution in [3.05, 3.63) is 59.7 Å². The second kappa shape index (κ2) is 6.30. The number of carbonyl (C=O) groups is 1. The average Bonchev–Trinajstić information content (AvgIpc) is 3.10. The molecule has 1 amide bonds. The van der Waals surface area contributed by atoms with Gasteiger partial charge in [-0.2, -0.15) is 0 Å². The molecule has 2 aromatic rings. The number of anilines is 1. The first-order valence-electron chi connectivity index (χ1n) is 7.11. The summed E-state index contributed by atoms with van der Waals surface area (Å²) in [5.41, 5.74) is 2.23. The molecule has 1 heterocycles. The lowest BCUT2D eigenvalue weighted by molar-refractivity contribution is 0.102. The molecule has 2 N–H and O–H groups in total. The van der Waals surface area contributed by atoms with Crippen molar-refractivity contribution in [2.45, 2.75) is 0 Å². The van der Waals surface area contributed by atoms with Crippen LogP contribution in [0.3, 0.4) is 0 Å². The first kappa shape index (κ1) is 14.1. The maximum absolute atomic E-state index is 12.4. The third kappa shape index (κ3) is 2.93. The van der Waals surface area contributed by atoms with Crippen molar-refractivity contribution in [2.24, 2.45) is 4.99 Å². The largest absolute Gasteiger partial charge is 0.497 e. The van der Waals surface area contributed by atoms with Gasteiger partial charge in [-0.05, 0) is 36.4 Å². The van der Waals surface area contributed by atoms with Gasteiger partial charge >= 0.3 is 0 Å². The number of para-hydroxylation sites is 1. The number of carbonyl (C=O) groups excluding carboxylic acids is 1. The second-order valence-corrected chi connectivity index (χ2v) is 4.89. The highest BCUT2D eigenvalue weighted by Crippen LogP contribution is 2.18. The van der Waals surface area contributed by atoms with E-state index in [1.54, 1.807) is 31.4 Å². The van der Waals surface area contributed by atoms with Gasteiger partial charge in [-0.3, -0.25) is 9.79 Å². The molecule has 5 heteroatoms. The molecule has 0 aromatic heterocycles. The number of ether oxygens (including phenoxy) is 1. The Balaban J connectivity index is 1.81. The van der Waals surface area contributed by atoms with E-state index in [1.165, 1.54) is 0 Å². The van der Waals surface area contributed by atoms with Gasteiger partial charge in [0.1, 0.15) is 11.6 Å². The van der Waals surface area contributed by atoms with E-state index in [0.29, 0.717) is 5.56 Å². The monoisotopic (exact) mass is 295 g/mol. The molecule has 22 heavy (non-hydrogen) atoms. The van der Waals surface area contributed by atoms with E-state index in [2.05, 4.69) is 15.6 Å². The molecule has 0 bridgehead atoms. The van der Waals surface area contributed by atoms with Gasteiger partial charge in [0.05, 0.1) is 19.3 Å². The molecular weight excluding hydrogens is 278 g/mol. The molecule has 0 unspecified atom stereocenters. The molecule has 3 rings (SSSR count). The molecule has 0 spiro atoms. The minimum atomic E-state index is -0.159. The number of hydrogen-bond donors (Lipinski definition) is 2. The lowest BCUT2D eigenvalue weighted by atomic mass is 10.1. The summed E-state index contributed by atoms with van der Waals surface area (Å²) in [4.78, 5) is 16.8. The van der Waals surface area contributed by atoms with Gasteiger partial charge < -0.3 is 15.4 Å². The lowest BCUT2D eigenvalue weighted by Crippen LogP contribution is -2.22. The Kier molecular flexibility index (Phi) is 4.05. The van der Waals surface area contributed by atoms with E-state index in [4.69, 9.17) is 4.74 Å². The molecule has 0 aliphatic carbocycles. The summed E-state index contributed by atoms with van der Waals surface area (Å²) in [7, 11) is 1.60. The number of nitrogens with one attached hydrogen (secondary N) is 2. The van der Waals surface area contributed by atoms with Gasteiger partial charge in [0.2, 0.25) is 0 Å². The maximum Gasteiger partial charge on any atom is 0.255 e. The van der Waals surface area contributed by atoms with Crippen molar-refractivity contribution >= 4 is 17.4 Å². The Morgan fingerprint density at radius 3 is 2.64 bits per heavy atom. The van der Waals surface area contributed by atoms with E-state index in [1.807, 2.05) is 24.3 Å². The SMILES string of the molecule is COc1ccc(C(=O)Nc2ccccc2C2=NCCN2)cc1. The third-order valence-corrected chi connectivity index (χ3v) is 3.46. The zero-order valence-corrected chi connectivity index (χ0v) is 12.3. The first-order chi connectivity index (χ1) is 10.8. The molecule has 1 aliphatic heterocycles. The quantitative estimate of drug-likeness (QED) is 0.909. The average molecular weight is 295 g/mol. The number of nitrogens with zero attached hydrogens (tertiary/aromatic N) is 1. The van der Waals surface area contributed by atoms with Gasteiger partial charge in [0.25, 0.3) is 5.91 Å². The van der Waals surface area contributed by atoms with Crippen molar-refractivity contribution in [1.82, 2.24) is 5.32 Å². The van der Waals surface area contributed by atoms with Gasteiger partial charge in [0, 0.05) is 17.7 Å². The summed E-state index contributed by atoms with van der Waals surface area (Å²) in [6, 6.07) is 14.7. The van der Waals surface area contributed by atoms with E-state index >= 15 is 0 Å². The number of amidine groups is 1. The fourth-order valence-electron chi connectivity index (χ4n) is 2.31. The zero-order valence-electron chi connectivity index (χ0n) is 12.3. The topological polar surface area (TPSA) is 62.7 Å². The van der Waals surface area contributed by atoms with Crippen molar-refractivity contribution in [3.8, 4) is 5.75 Å². The van der Waals surface area contributed by atoms with Crippen LogP contribution in [0, 0.1) is 0 Å². The number of rotatable bonds is 4. The number of benzene rings is 2. The van der Waals surface area contributed by atoms with Crippen LogP contribution in [0.5, 0.6) is 5.75 Å². The second-order valence-electron chi connectivity index (χ2n) is 4.89.